The van der Waals surface area contributed by atoms with Crippen LogP contribution in [-0.2, 0) is 0 Å². The van der Waals surface area contributed by atoms with Gasteiger partial charge in [-0.1, -0.05) is 36.4 Å². The van der Waals surface area contributed by atoms with Gasteiger partial charge < -0.3 is 4.74 Å². The first-order chi connectivity index (χ1) is 12.7. The summed E-state index contributed by atoms with van der Waals surface area (Å²) in [6.07, 6.45) is 3.26. The van der Waals surface area contributed by atoms with E-state index in [1.54, 1.807) is 29.3 Å². The summed E-state index contributed by atoms with van der Waals surface area (Å²) in [7, 11) is 0. The fourth-order valence-corrected chi connectivity index (χ4v) is 3.27. The predicted octanol–water partition coefficient (Wildman–Crippen LogP) is 4.44. The average molecular weight is 365 g/mol. The number of benzene rings is 1. The molecule has 0 saturated heterocycles. The van der Waals surface area contributed by atoms with Gasteiger partial charge in [-0.2, -0.15) is 0 Å². The van der Waals surface area contributed by atoms with Crippen molar-refractivity contribution in [1.29, 1.82) is 0 Å². The van der Waals surface area contributed by atoms with Crippen LogP contribution in [0.2, 0.25) is 0 Å². The van der Waals surface area contributed by atoms with E-state index < -0.39 is 0 Å². The lowest BCUT2D eigenvalue weighted by Gasteiger charge is -2.18. The van der Waals surface area contributed by atoms with Gasteiger partial charge in [-0.25, -0.2) is 9.97 Å². The summed E-state index contributed by atoms with van der Waals surface area (Å²) < 4.78 is 5.39. The fourth-order valence-electron chi connectivity index (χ4n) is 2.43. The molecule has 0 unspecified atom stereocenters. The van der Waals surface area contributed by atoms with Crippen molar-refractivity contribution >= 4 is 22.4 Å². The van der Waals surface area contributed by atoms with Crippen LogP contribution in [0.15, 0.2) is 66.7 Å². The van der Waals surface area contributed by atoms with Crippen molar-refractivity contribution in [3.8, 4) is 17.1 Å². The number of hydrogen-bond donors (Lipinski definition) is 0. The van der Waals surface area contributed by atoms with Gasteiger partial charge in [0.1, 0.15) is 0 Å². The Bertz CT molecular complexity index is 893. The van der Waals surface area contributed by atoms with Gasteiger partial charge in [0.05, 0.1) is 12.3 Å². The number of amides is 1. The normalized spacial score (nSPS) is 10.3. The molecule has 0 radical (unpaired) electrons. The summed E-state index contributed by atoms with van der Waals surface area (Å²) in [6.45, 7) is 6.50. The minimum atomic E-state index is -0.165. The smallest absolute Gasteiger partial charge is 0.260 e. The van der Waals surface area contributed by atoms with Crippen molar-refractivity contribution in [1.82, 2.24) is 9.97 Å². The number of anilines is 1. The molecule has 2 aromatic heterocycles. The van der Waals surface area contributed by atoms with E-state index in [0.29, 0.717) is 29.7 Å². The largest absolute Gasteiger partial charge is 0.478 e. The first kappa shape index (κ1) is 17.8. The van der Waals surface area contributed by atoms with Crippen LogP contribution < -0.4 is 9.64 Å². The van der Waals surface area contributed by atoms with Gasteiger partial charge in [0, 0.05) is 35.3 Å². The Morgan fingerprint density at radius 1 is 1.31 bits per heavy atom. The zero-order valence-corrected chi connectivity index (χ0v) is 15.3. The lowest BCUT2D eigenvalue weighted by molar-refractivity contribution is 0.0989. The van der Waals surface area contributed by atoms with E-state index in [2.05, 4.69) is 16.5 Å². The highest BCUT2D eigenvalue weighted by Gasteiger charge is 2.20. The molecule has 3 rings (SSSR count). The Hall–Kier alpha value is -2.99. The van der Waals surface area contributed by atoms with Gasteiger partial charge >= 0.3 is 0 Å². The Morgan fingerprint density at radius 3 is 2.85 bits per heavy atom. The molecule has 0 aliphatic carbocycles. The van der Waals surface area contributed by atoms with Crippen LogP contribution in [0.1, 0.15) is 17.3 Å². The third kappa shape index (κ3) is 3.97. The highest BCUT2D eigenvalue weighted by atomic mass is 32.1. The number of carbonyl (C=O) groups is 1. The predicted molar refractivity (Wildman–Crippen MR) is 105 cm³/mol. The molecular weight excluding hydrogens is 346 g/mol. The molecule has 3 aromatic rings. The average Bonchev–Trinajstić information content (AvgIpc) is 3.17. The van der Waals surface area contributed by atoms with Crippen LogP contribution in [0, 0.1) is 0 Å². The molecule has 132 valence electrons. The highest BCUT2D eigenvalue weighted by Crippen LogP contribution is 2.28. The van der Waals surface area contributed by atoms with Crippen molar-refractivity contribution in [2.75, 3.05) is 18.1 Å². The number of nitrogens with zero attached hydrogens (tertiary/aromatic N) is 3. The number of aromatic nitrogens is 2. The first-order valence-corrected chi connectivity index (χ1v) is 9.13. The summed E-state index contributed by atoms with van der Waals surface area (Å²) in [5.74, 6) is 0.267. The summed E-state index contributed by atoms with van der Waals surface area (Å²) in [4.78, 5) is 23.3. The Morgan fingerprint density at radius 2 is 2.12 bits per heavy atom. The van der Waals surface area contributed by atoms with E-state index in [-0.39, 0.29) is 5.91 Å². The molecule has 6 heteroatoms. The van der Waals surface area contributed by atoms with Gasteiger partial charge in [0.2, 0.25) is 5.88 Å². The molecule has 26 heavy (non-hydrogen) atoms. The number of ether oxygens (including phenoxy) is 1. The van der Waals surface area contributed by atoms with Crippen molar-refractivity contribution in [2.24, 2.45) is 0 Å². The first-order valence-electron chi connectivity index (χ1n) is 8.25. The highest BCUT2D eigenvalue weighted by molar-refractivity contribution is 7.14. The second-order valence-electron chi connectivity index (χ2n) is 5.40. The number of hydrogen-bond acceptors (Lipinski definition) is 5. The van der Waals surface area contributed by atoms with Crippen molar-refractivity contribution < 1.29 is 9.53 Å². The maximum atomic E-state index is 13.0. The fraction of sp³-hybridized carbons (Fsp3) is 0.150. The molecule has 2 heterocycles. The zero-order valence-electron chi connectivity index (χ0n) is 14.5. The molecule has 0 aliphatic rings. The van der Waals surface area contributed by atoms with Crippen LogP contribution in [0.5, 0.6) is 5.88 Å². The van der Waals surface area contributed by atoms with Crippen LogP contribution in [0.4, 0.5) is 5.13 Å². The third-order valence-corrected chi connectivity index (χ3v) is 4.49. The summed E-state index contributed by atoms with van der Waals surface area (Å²) >= 11 is 1.43. The van der Waals surface area contributed by atoms with Crippen molar-refractivity contribution in [3.63, 3.8) is 0 Å². The van der Waals surface area contributed by atoms with E-state index in [9.17, 15) is 4.79 Å². The molecule has 0 spiro atoms. The van der Waals surface area contributed by atoms with Gasteiger partial charge in [0.15, 0.2) is 5.13 Å². The van der Waals surface area contributed by atoms with Gasteiger partial charge in [-0.05, 0) is 13.0 Å². The SMILES string of the molecule is C=CCN(C(=O)c1ccnc(OCC)c1)c1nc(-c2ccccc2)cs1. The number of pyridine rings is 1. The van der Waals surface area contributed by atoms with Gasteiger partial charge in [0.25, 0.3) is 5.91 Å². The van der Waals surface area contributed by atoms with Crippen LogP contribution in [0.3, 0.4) is 0 Å². The Kier molecular flexibility index (Phi) is 5.76. The second kappa shape index (κ2) is 8.40. The number of rotatable bonds is 7. The van der Waals surface area contributed by atoms with Crippen LogP contribution in [-0.4, -0.2) is 29.0 Å². The van der Waals surface area contributed by atoms with Crippen LogP contribution in [0.25, 0.3) is 11.3 Å². The van der Waals surface area contributed by atoms with Gasteiger partial charge in [-0.15, -0.1) is 17.9 Å². The lowest BCUT2D eigenvalue weighted by Crippen LogP contribution is -2.31. The molecule has 0 saturated carbocycles. The van der Waals surface area contributed by atoms with E-state index in [1.165, 1.54) is 11.3 Å². The molecule has 1 aromatic carbocycles. The standard InChI is InChI=1S/C20H19N3O2S/c1-3-12-23(19(24)16-10-11-21-18(13-16)25-4-2)20-22-17(14-26-20)15-8-6-5-7-9-15/h3,5-11,13-14H,1,4,12H2,2H3. The topological polar surface area (TPSA) is 55.3 Å². The summed E-state index contributed by atoms with van der Waals surface area (Å²) in [6, 6.07) is 13.2. The molecule has 0 aliphatic heterocycles. The third-order valence-electron chi connectivity index (χ3n) is 3.62. The molecule has 1 amide bonds. The lowest BCUT2D eigenvalue weighted by atomic mass is 10.2. The maximum absolute atomic E-state index is 13.0. The number of carbonyl (C=O) groups excluding carboxylic acids is 1. The molecular formula is C20H19N3O2S. The minimum Gasteiger partial charge on any atom is -0.478 e. The Labute approximate surface area is 156 Å². The number of thiazole rings is 1. The second-order valence-corrected chi connectivity index (χ2v) is 6.24. The molecule has 0 atom stereocenters. The quantitative estimate of drug-likeness (QED) is 0.581. The van der Waals surface area contributed by atoms with E-state index in [1.807, 2.05) is 42.6 Å². The monoisotopic (exact) mass is 365 g/mol. The van der Waals surface area contributed by atoms with E-state index in [4.69, 9.17) is 4.74 Å². The Balaban J connectivity index is 1.89. The van der Waals surface area contributed by atoms with E-state index >= 15 is 0 Å². The molecule has 5 nitrogen and oxygen atoms in total. The molecule has 0 fully saturated rings. The summed E-state index contributed by atoms with van der Waals surface area (Å²) in [5, 5.41) is 2.58. The molecule has 0 bridgehead atoms. The van der Waals surface area contributed by atoms with Crippen molar-refractivity contribution in [3.05, 3.63) is 72.3 Å². The zero-order chi connectivity index (χ0) is 18.4. The molecule has 0 N–H and O–H groups in total. The van der Waals surface area contributed by atoms with Crippen molar-refractivity contribution in [2.45, 2.75) is 6.92 Å². The minimum absolute atomic E-state index is 0.165. The van der Waals surface area contributed by atoms with Crippen LogP contribution >= 0.6 is 11.3 Å². The van der Waals surface area contributed by atoms with Gasteiger partial charge in [-0.3, -0.25) is 9.69 Å². The summed E-state index contributed by atoms with van der Waals surface area (Å²) in [5.41, 5.74) is 2.36. The maximum Gasteiger partial charge on any atom is 0.260 e. The van der Waals surface area contributed by atoms with E-state index in [0.717, 1.165) is 11.3 Å².